The molecule has 0 aromatic heterocycles. The molecular formula is C14H20N2. The van der Waals surface area contributed by atoms with E-state index in [2.05, 4.69) is 28.4 Å². The van der Waals surface area contributed by atoms with Crippen LogP contribution in [0.25, 0.3) is 0 Å². The minimum atomic E-state index is 1.14. The molecule has 1 aromatic carbocycles. The Labute approximate surface area is 97.6 Å². The van der Waals surface area contributed by atoms with Crippen LogP contribution in [0.3, 0.4) is 0 Å². The largest absolute Gasteiger partial charge is 0.385 e. The third-order valence-corrected chi connectivity index (χ3v) is 3.75. The van der Waals surface area contributed by atoms with Crippen molar-refractivity contribution < 1.29 is 0 Å². The summed E-state index contributed by atoms with van der Waals surface area (Å²) < 4.78 is 0. The Bertz CT molecular complexity index is 367. The predicted molar refractivity (Wildman–Crippen MR) is 67.8 cm³/mol. The number of hydrogen-bond acceptors (Lipinski definition) is 2. The van der Waals surface area contributed by atoms with Crippen molar-refractivity contribution in [2.75, 3.05) is 25.0 Å². The van der Waals surface area contributed by atoms with E-state index in [1.807, 2.05) is 0 Å². The zero-order chi connectivity index (χ0) is 10.8. The fourth-order valence-corrected chi connectivity index (χ4v) is 2.89. The summed E-state index contributed by atoms with van der Waals surface area (Å²) in [6.45, 7) is 4.84. The van der Waals surface area contributed by atoms with Crippen molar-refractivity contribution >= 4 is 5.69 Å². The molecule has 1 aromatic rings. The highest BCUT2D eigenvalue weighted by Gasteiger charge is 2.16. The maximum absolute atomic E-state index is 3.58. The number of hydrogen-bond donors (Lipinski definition) is 1. The van der Waals surface area contributed by atoms with Crippen LogP contribution in [0.2, 0.25) is 0 Å². The number of aryl methyl sites for hydroxylation is 1. The van der Waals surface area contributed by atoms with E-state index in [1.54, 1.807) is 0 Å². The second-order valence-corrected chi connectivity index (χ2v) is 4.96. The fourth-order valence-electron chi connectivity index (χ4n) is 2.89. The van der Waals surface area contributed by atoms with Gasteiger partial charge in [-0.3, -0.25) is 4.90 Å². The van der Waals surface area contributed by atoms with Crippen LogP contribution in [0.15, 0.2) is 18.2 Å². The van der Waals surface area contributed by atoms with Crippen LogP contribution in [-0.2, 0) is 13.0 Å². The first-order valence-electron chi connectivity index (χ1n) is 6.50. The summed E-state index contributed by atoms with van der Waals surface area (Å²) in [5.74, 6) is 0. The third kappa shape index (κ3) is 1.94. The molecule has 0 amide bonds. The Hall–Kier alpha value is -1.02. The van der Waals surface area contributed by atoms with E-state index in [-0.39, 0.29) is 0 Å². The van der Waals surface area contributed by atoms with E-state index in [1.165, 1.54) is 55.6 Å². The SMILES string of the molecule is c1cc2c(c(CN3CCCC3)c1)NCCC2. The molecule has 1 saturated heterocycles. The van der Waals surface area contributed by atoms with Gasteiger partial charge in [-0.15, -0.1) is 0 Å². The first kappa shape index (κ1) is 10.2. The Morgan fingerprint density at radius 2 is 2.00 bits per heavy atom. The highest BCUT2D eigenvalue weighted by atomic mass is 15.1. The number of fused-ring (bicyclic) bond motifs is 1. The van der Waals surface area contributed by atoms with Crippen LogP contribution in [0, 0.1) is 0 Å². The maximum Gasteiger partial charge on any atom is 0.0418 e. The van der Waals surface area contributed by atoms with Gasteiger partial charge in [0.1, 0.15) is 0 Å². The van der Waals surface area contributed by atoms with Crippen molar-refractivity contribution in [1.29, 1.82) is 0 Å². The highest BCUT2D eigenvalue weighted by molar-refractivity contribution is 5.59. The van der Waals surface area contributed by atoms with Gasteiger partial charge in [-0.25, -0.2) is 0 Å². The first-order chi connectivity index (χ1) is 7.93. The van der Waals surface area contributed by atoms with Gasteiger partial charge in [-0.1, -0.05) is 18.2 Å². The summed E-state index contributed by atoms with van der Waals surface area (Å²) in [5, 5.41) is 3.58. The molecule has 3 rings (SSSR count). The van der Waals surface area contributed by atoms with E-state index >= 15 is 0 Å². The lowest BCUT2D eigenvalue weighted by molar-refractivity contribution is 0.331. The van der Waals surface area contributed by atoms with Crippen LogP contribution in [0.1, 0.15) is 30.4 Å². The van der Waals surface area contributed by atoms with Crippen LogP contribution < -0.4 is 5.32 Å². The van der Waals surface area contributed by atoms with Gasteiger partial charge in [0.15, 0.2) is 0 Å². The van der Waals surface area contributed by atoms with Crippen molar-refractivity contribution in [3.05, 3.63) is 29.3 Å². The van der Waals surface area contributed by atoms with Gasteiger partial charge in [-0.2, -0.15) is 0 Å². The van der Waals surface area contributed by atoms with E-state index < -0.39 is 0 Å². The lowest BCUT2D eigenvalue weighted by Crippen LogP contribution is -2.21. The number of nitrogens with zero attached hydrogens (tertiary/aromatic N) is 1. The monoisotopic (exact) mass is 216 g/mol. The molecule has 1 fully saturated rings. The summed E-state index contributed by atoms with van der Waals surface area (Å²) in [6, 6.07) is 6.78. The molecule has 1 N–H and O–H groups in total. The molecule has 0 unspecified atom stereocenters. The van der Waals surface area contributed by atoms with Crippen molar-refractivity contribution in [3.63, 3.8) is 0 Å². The third-order valence-electron chi connectivity index (χ3n) is 3.75. The van der Waals surface area contributed by atoms with Gasteiger partial charge in [0.25, 0.3) is 0 Å². The van der Waals surface area contributed by atoms with E-state index in [4.69, 9.17) is 0 Å². The second kappa shape index (κ2) is 4.46. The average Bonchev–Trinajstić information content (AvgIpc) is 2.82. The van der Waals surface area contributed by atoms with Crippen LogP contribution in [0.4, 0.5) is 5.69 Å². The van der Waals surface area contributed by atoms with Gasteiger partial charge >= 0.3 is 0 Å². The predicted octanol–water partition coefficient (Wildman–Crippen LogP) is 2.64. The normalized spacial score (nSPS) is 20.5. The fraction of sp³-hybridized carbons (Fsp3) is 0.571. The van der Waals surface area contributed by atoms with E-state index in [0.717, 1.165) is 13.1 Å². The molecule has 16 heavy (non-hydrogen) atoms. The van der Waals surface area contributed by atoms with E-state index in [0.29, 0.717) is 0 Å². The molecule has 2 aliphatic heterocycles. The Kier molecular flexibility index (Phi) is 2.83. The lowest BCUT2D eigenvalue weighted by Gasteiger charge is -2.23. The van der Waals surface area contributed by atoms with Crippen molar-refractivity contribution in [2.45, 2.75) is 32.2 Å². The van der Waals surface area contributed by atoms with Gasteiger partial charge in [0.2, 0.25) is 0 Å². The van der Waals surface area contributed by atoms with E-state index in [9.17, 15) is 0 Å². The molecule has 0 saturated carbocycles. The number of likely N-dealkylation sites (tertiary alicyclic amines) is 1. The number of rotatable bonds is 2. The average molecular weight is 216 g/mol. The molecule has 0 radical (unpaired) electrons. The Morgan fingerprint density at radius 1 is 1.12 bits per heavy atom. The van der Waals surface area contributed by atoms with Crippen molar-refractivity contribution in [1.82, 2.24) is 4.90 Å². The van der Waals surface area contributed by atoms with Crippen molar-refractivity contribution in [2.24, 2.45) is 0 Å². The summed E-state index contributed by atoms with van der Waals surface area (Å²) in [5.41, 5.74) is 4.45. The lowest BCUT2D eigenvalue weighted by atomic mass is 9.99. The number of benzene rings is 1. The molecule has 2 aliphatic rings. The number of para-hydroxylation sites is 1. The minimum Gasteiger partial charge on any atom is -0.385 e. The van der Waals surface area contributed by atoms with Gasteiger partial charge < -0.3 is 5.32 Å². The topological polar surface area (TPSA) is 15.3 Å². The molecule has 2 heterocycles. The minimum absolute atomic E-state index is 1.14. The zero-order valence-electron chi connectivity index (χ0n) is 9.84. The van der Waals surface area contributed by atoms with Crippen LogP contribution in [-0.4, -0.2) is 24.5 Å². The highest BCUT2D eigenvalue weighted by Crippen LogP contribution is 2.27. The van der Waals surface area contributed by atoms with Crippen LogP contribution >= 0.6 is 0 Å². The van der Waals surface area contributed by atoms with Crippen molar-refractivity contribution in [3.8, 4) is 0 Å². The summed E-state index contributed by atoms with van der Waals surface area (Å²) in [4.78, 5) is 2.58. The molecule has 0 spiro atoms. The quantitative estimate of drug-likeness (QED) is 0.817. The first-order valence-corrected chi connectivity index (χ1v) is 6.50. The molecule has 0 aliphatic carbocycles. The molecular weight excluding hydrogens is 196 g/mol. The summed E-state index contributed by atoms with van der Waals surface area (Å²) >= 11 is 0. The van der Waals surface area contributed by atoms with Gasteiger partial charge in [0.05, 0.1) is 0 Å². The molecule has 0 bridgehead atoms. The Morgan fingerprint density at radius 3 is 2.88 bits per heavy atom. The summed E-state index contributed by atoms with van der Waals surface area (Å²) in [6.07, 6.45) is 5.28. The standard InChI is InChI=1S/C14H20N2/c1-2-10-16(9-1)11-13-6-3-5-12-7-4-8-15-14(12)13/h3,5-6,15H,1-2,4,7-11H2. The molecule has 2 nitrogen and oxygen atoms in total. The zero-order valence-corrected chi connectivity index (χ0v) is 9.84. The van der Waals surface area contributed by atoms with Gasteiger partial charge in [0, 0.05) is 18.8 Å². The maximum atomic E-state index is 3.58. The molecule has 0 atom stereocenters. The number of nitrogens with one attached hydrogen (secondary N) is 1. The Balaban J connectivity index is 1.82. The van der Waals surface area contributed by atoms with Gasteiger partial charge in [-0.05, 0) is 49.9 Å². The second-order valence-electron chi connectivity index (χ2n) is 4.96. The van der Waals surface area contributed by atoms with Crippen LogP contribution in [0.5, 0.6) is 0 Å². The molecule has 86 valence electrons. The molecule has 2 heteroatoms. The summed E-state index contributed by atoms with van der Waals surface area (Å²) in [7, 11) is 0. The smallest absolute Gasteiger partial charge is 0.0418 e. The number of anilines is 1.